The van der Waals surface area contributed by atoms with Gasteiger partial charge in [0.05, 0.1) is 25.6 Å². The number of carboxylic acids is 1. The highest BCUT2D eigenvalue weighted by Gasteiger charge is 2.24. The van der Waals surface area contributed by atoms with E-state index in [-0.39, 0.29) is 6.54 Å². The molecule has 7 nitrogen and oxygen atoms in total. The van der Waals surface area contributed by atoms with Crippen LogP contribution < -0.4 is 5.73 Å². The maximum absolute atomic E-state index is 9.24. The summed E-state index contributed by atoms with van der Waals surface area (Å²) in [5.41, 5.74) is 4.57. The van der Waals surface area contributed by atoms with Crippen molar-refractivity contribution in [2.24, 2.45) is 5.73 Å². The third-order valence-electron chi connectivity index (χ3n) is 2.18. The Kier molecular flexibility index (Phi) is 15.2. The summed E-state index contributed by atoms with van der Waals surface area (Å²) in [4.78, 5) is 9.24. The SMILES string of the molecule is COCP(OCCC#N)N(C(C)C)C(C)C.NCC(=O)O. The van der Waals surface area contributed by atoms with Gasteiger partial charge in [-0.05, 0) is 27.7 Å². The molecule has 0 aliphatic carbocycles. The van der Waals surface area contributed by atoms with Crippen LogP contribution in [0.2, 0.25) is 0 Å². The van der Waals surface area contributed by atoms with E-state index in [4.69, 9.17) is 19.6 Å². The fourth-order valence-corrected chi connectivity index (χ4v) is 3.48. The highest BCUT2D eigenvalue weighted by Crippen LogP contribution is 2.44. The zero-order valence-corrected chi connectivity index (χ0v) is 14.5. The Morgan fingerprint density at radius 3 is 2.14 bits per heavy atom. The first-order chi connectivity index (χ1) is 9.81. The predicted octanol–water partition coefficient (Wildman–Crippen LogP) is 1.98. The maximum Gasteiger partial charge on any atom is 0.317 e. The van der Waals surface area contributed by atoms with Crippen LogP contribution in [-0.4, -0.2) is 54.4 Å². The van der Waals surface area contributed by atoms with Gasteiger partial charge in [0.15, 0.2) is 0 Å². The molecule has 0 bridgehead atoms. The molecule has 0 spiro atoms. The Morgan fingerprint density at radius 1 is 1.38 bits per heavy atom. The first-order valence-corrected chi connectivity index (χ1v) is 8.17. The molecule has 0 heterocycles. The van der Waals surface area contributed by atoms with Crippen LogP contribution in [0.25, 0.3) is 0 Å². The number of methoxy groups -OCH3 is 1. The van der Waals surface area contributed by atoms with Crippen molar-refractivity contribution in [2.45, 2.75) is 46.2 Å². The van der Waals surface area contributed by atoms with Crippen LogP contribution in [0.1, 0.15) is 34.1 Å². The molecule has 0 rings (SSSR count). The molecule has 0 aliphatic heterocycles. The highest BCUT2D eigenvalue weighted by molar-refractivity contribution is 7.49. The normalized spacial score (nSPS) is 12.0. The number of nitriles is 1. The number of aliphatic carboxylic acids is 1. The Labute approximate surface area is 128 Å². The minimum atomic E-state index is -0.968. The van der Waals surface area contributed by atoms with E-state index in [9.17, 15) is 4.79 Å². The van der Waals surface area contributed by atoms with E-state index >= 15 is 0 Å². The zero-order chi connectivity index (χ0) is 16.8. The molecule has 21 heavy (non-hydrogen) atoms. The molecule has 0 fully saturated rings. The van der Waals surface area contributed by atoms with E-state index in [1.54, 1.807) is 7.11 Å². The van der Waals surface area contributed by atoms with Gasteiger partial charge in [0.2, 0.25) is 0 Å². The van der Waals surface area contributed by atoms with Crippen LogP contribution in [0.15, 0.2) is 0 Å². The Morgan fingerprint density at radius 2 is 1.86 bits per heavy atom. The Bertz CT molecular complexity index is 300. The molecule has 0 amide bonds. The number of hydrogen-bond donors (Lipinski definition) is 2. The van der Waals surface area contributed by atoms with Crippen molar-refractivity contribution in [3.8, 4) is 6.07 Å². The molecule has 0 aliphatic rings. The van der Waals surface area contributed by atoms with Crippen LogP contribution in [0, 0.1) is 11.3 Å². The average molecular weight is 321 g/mol. The van der Waals surface area contributed by atoms with E-state index in [1.807, 2.05) is 0 Å². The molecule has 1 atom stereocenters. The van der Waals surface area contributed by atoms with Crippen molar-refractivity contribution >= 4 is 14.3 Å². The summed E-state index contributed by atoms with van der Waals surface area (Å²) < 4.78 is 13.3. The van der Waals surface area contributed by atoms with Gasteiger partial charge in [0.25, 0.3) is 0 Å². The van der Waals surface area contributed by atoms with Gasteiger partial charge in [-0.2, -0.15) is 5.26 Å². The summed E-state index contributed by atoms with van der Waals surface area (Å²) in [6.07, 6.45) is 1.03. The minimum Gasteiger partial charge on any atom is -0.480 e. The van der Waals surface area contributed by atoms with Crippen LogP contribution in [0.3, 0.4) is 0 Å². The molecule has 0 aromatic rings. The summed E-state index contributed by atoms with van der Waals surface area (Å²) >= 11 is 0. The van der Waals surface area contributed by atoms with Crippen LogP contribution in [0.5, 0.6) is 0 Å². The maximum atomic E-state index is 9.24. The molecule has 0 aromatic carbocycles. The number of ether oxygens (including phenoxy) is 1. The lowest BCUT2D eigenvalue weighted by molar-refractivity contribution is -0.135. The first-order valence-electron chi connectivity index (χ1n) is 6.78. The molecule has 0 aromatic heterocycles. The lowest BCUT2D eigenvalue weighted by atomic mass is 10.3. The van der Waals surface area contributed by atoms with Crippen molar-refractivity contribution in [1.29, 1.82) is 5.26 Å². The van der Waals surface area contributed by atoms with Crippen molar-refractivity contribution in [3.63, 3.8) is 0 Å². The summed E-state index contributed by atoms with van der Waals surface area (Å²) in [5.74, 6) is -0.968. The number of nitrogens with zero attached hydrogens (tertiary/aromatic N) is 2. The fourth-order valence-electron chi connectivity index (χ4n) is 1.59. The largest absolute Gasteiger partial charge is 0.480 e. The van der Waals surface area contributed by atoms with Crippen LogP contribution in [0.4, 0.5) is 0 Å². The van der Waals surface area contributed by atoms with Crippen molar-refractivity contribution < 1.29 is 19.2 Å². The molecule has 3 N–H and O–H groups in total. The van der Waals surface area contributed by atoms with E-state index < -0.39 is 14.3 Å². The van der Waals surface area contributed by atoms with Gasteiger partial charge in [-0.25, -0.2) is 0 Å². The third-order valence-corrected chi connectivity index (χ3v) is 4.58. The molecule has 0 radical (unpaired) electrons. The van der Waals surface area contributed by atoms with Gasteiger partial charge in [-0.1, -0.05) is 0 Å². The second-order valence-corrected chi connectivity index (χ2v) is 6.36. The third kappa shape index (κ3) is 12.7. The van der Waals surface area contributed by atoms with Crippen LogP contribution >= 0.6 is 8.30 Å². The number of nitrogens with two attached hydrogens (primary N) is 1. The molecule has 1 unspecified atom stereocenters. The number of carbonyl (C=O) groups is 1. The standard InChI is InChI=1S/C11H23N2O2P.C2H5NO2/c1-10(2)13(11(3)4)16(9-14-5)15-8-6-7-12;3-1-2(4)5/h10-11H,6,8-9H2,1-5H3;1,3H2,(H,4,5). The topological polar surface area (TPSA) is 109 Å². The smallest absolute Gasteiger partial charge is 0.317 e. The summed E-state index contributed by atoms with van der Waals surface area (Å²) in [6.45, 7) is 8.82. The van der Waals surface area contributed by atoms with Crippen molar-refractivity contribution in [1.82, 2.24) is 4.67 Å². The molecule has 0 saturated heterocycles. The summed E-state index contributed by atoms with van der Waals surface area (Å²) in [7, 11) is 0.928. The molecular weight excluding hydrogens is 293 g/mol. The van der Waals surface area contributed by atoms with Gasteiger partial charge in [0.1, 0.15) is 14.6 Å². The summed E-state index contributed by atoms with van der Waals surface area (Å²) in [5, 5.41) is 16.1. The van der Waals surface area contributed by atoms with E-state index in [0.717, 1.165) is 0 Å². The van der Waals surface area contributed by atoms with Gasteiger partial charge in [0, 0.05) is 19.2 Å². The first kappa shape index (κ1) is 22.5. The quantitative estimate of drug-likeness (QED) is 0.493. The van der Waals surface area contributed by atoms with Crippen LogP contribution in [-0.2, 0) is 14.1 Å². The highest BCUT2D eigenvalue weighted by atomic mass is 31.2. The van der Waals surface area contributed by atoms with E-state index in [2.05, 4.69) is 44.2 Å². The molecule has 124 valence electrons. The van der Waals surface area contributed by atoms with Gasteiger partial charge < -0.3 is 20.1 Å². The van der Waals surface area contributed by atoms with Crippen molar-refractivity contribution in [2.75, 3.05) is 26.6 Å². The number of carboxylic acid groups (broad SMARTS) is 1. The number of rotatable bonds is 9. The lowest BCUT2D eigenvalue weighted by Crippen LogP contribution is -2.34. The zero-order valence-electron chi connectivity index (χ0n) is 13.6. The minimum absolute atomic E-state index is 0.278. The van der Waals surface area contributed by atoms with E-state index in [0.29, 0.717) is 31.5 Å². The lowest BCUT2D eigenvalue weighted by Gasteiger charge is -2.36. The molecule has 0 saturated carbocycles. The fraction of sp³-hybridized carbons (Fsp3) is 0.846. The van der Waals surface area contributed by atoms with E-state index in [1.165, 1.54) is 0 Å². The van der Waals surface area contributed by atoms with Gasteiger partial charge >= 0.3 is 5.97 Å². The predicted molar refractivity (Wildman–Crippen MR) is 83.8 cm³/mol. The monoisotopic (exact) mass is 321 g/mol. The number of hydrogen-bond acceptors (Lipinski definition) is 6. The second-order valence-electron chi connectivity index (χ2n) is 4.68. The Hall–Kier alpha value is -0.770. The average Bonchev–Trinajstić information content (AvgIpc) is 2.39. The molecular formula is C13H28N3O4P. The summed E-state index contributed by atoms with van der Waals surface area (Å²) in [6, 6.07) is 2.93. The molecule has 8 heteroatoms. The van der Waals surface area contributed by atoms with Gasteiger partial charge in [-0.3, -0.25) is 9.46 Å². The Balaban J connectivity index is 0. The van der Waals surface area contributed by atoms with Crippen molar-refractivity contribution in [3.05, 3.63) is 0 Å². The van der Waals surface area contributed by atoms with Gasteiger partial charge in [-0.15, -0.1) is 0 Å². The second kappa shape index (κ2) is 14.2.